The summed E-state index contributed by atoms with van der Waals surface area (Å²) in [5.74, 6) is 1.34. The van der Waals surface area contributed by atoms with E-state index in [-0.39, 0.29) is 11.7 Å². The van der Waals surface area contributed by atoms with Crippen LogP contribution < -0.4 is 4.74 Å². The van der Waals surface area contributed by atoms with Crippen molar-refractivity contribution in [3.05, 3.63) is 47.6 Å². The topological polar surface area (TPSA) is 26.3 Å². The summed E-state index contributed by atoms with van der Waals surface area (Å²) in [4.78, 5) is 12.2. The summed E-state index contributed by atoms with van der Waals surface area (Å²) in [7, 11) is 1.66. The van der Waals surface area contributed by atoms with Crippen molar-refractivity contribution in [1.82, 2.24) is 0 Å². The van der Waals surface area contributed by atoms with Gasteiger partial charge in [-0.3, -0.25) is 4.79 Å². The van der Waals surface area contributed by atoms with Crippen molar-refractivity contribution < 1.29 is 9.53 Å². The lowest BCUT2D eigenvalue weighted by molar-refractivity contribution is -0.119. The van der Waals surface area contributed by atoms with Crippen molar-refractivity contribution in [2.75, 3.05) is 7.11 Å². The molecule has 0 bridgehead atoms. The number of benzene rings is 1. The lowest BCUT2D eigenvalue weighted by Crippen LogP contribution is -2.15. The standard InChI is InChI=1S/C19H23BrO2/c1-14(8-13-18(21)15-6-4-3-5-7-15)19(20)16-9-11-17(22-2)12-10-16/h8-13,15H,3-7H2,1-2H3/b13-8+,19-14+. The fourth-order valence-electron chi connectivity index (χ4n) is 2.77. The van der Waals surface area contributed by atoms with Crippen LogP contribution in [0.5, 0.6) is 5.75 Å². The van der Waals surface area contributed by atoms with Crippen molar-refractivity contribution in [3.8, 4) is 5.75 Å². The van der Waals surface area contributed by atoms with E-state index in [1.807, 2.05) is 37.3 Å². The highest BCUT2D eigenvalue weighted by Gasteiger charge is 2.18. The Hall–Kier alpha value is -1.35. The summed E-state index contributed by atoms with van der Waals surface area (Å²) in [5, 5.41) is 0. The SMILES string of the molecule is COc1ccc(/C(Br)=C(C)\C=C\C(=O)C2CCCCC2)cc1. The van der Waals surface area contributed by atoms with E-state index in [0.717, 1.165) is 34.2 Å². The number of methoxy groups -OCH3 is 1. The molecule has 1 aliphatic rings. The normalized spacial score (nSPS) is 17.4. The van der Waals surface area contributed by atoms with Crippen LogP contribution in [-0.4, -0.2) is 12.9 Å². The first kappa shape index (κ1) is 17.0. The second-order valence-electron chi connectivity index (χ2n) is 5.80. The van der Waals surface area contributed by atoms with Gasteiger partial charge in [0, 0.05) is 10.4 Å². The minimum Gasteiger partial charge on any atom is -0.497 e. The third kappa shape index (κ3) is 4.57. The molecule has 0 saturated heterocycles. The molecule has 2 rings (SSSR count). The van der Waals surface area contributed by atoms with E-state index >= 15 is 0 Å². The van der Waals surface area contributed by atoms with E-state index in [2.05, 4.69) is 15.9 Å². The third-order valence-electron chi connectivity index (χ3n) is 4.19. The molecule has 3 heteroatoms. The van der Waals surface area contributed by atoms with Crippen LogP contribution in [0.4, 0.5) is 0 Å². The summed E-state index contributed by atoms with van der Waals surface area (Å²) in [6.07, 6.45) is 9.41. The Morgan fingerprint density at radius 1 is 1.14 bits per heavy atom. The van der Waals surface area contributed by atoms with Gasteiger partial charge in [0.1, 0.15) is 5.75 Å². The average Bonchev–Trinajstić information content (AvgIpc) is 2.59. The quantitative estimate of drug-likeness (QED) is 0.508. The number of rotatable bonds is 5. The first-order valence-electron chi connectivity index (χ1n) is 7.84. The molecule has 118 valence electrons. The minimum absolute atomic E-state index is 0.234. The van der Waals surface area contributed by atoms with Gasteiger partial charge in [-0.15, -0.1) is 0 Å². The first-order chi connectivity index (χ1) is 10.6. The van der Waals surface area contributed by atoms with Crippen molar-refractivity contribution in [2.45, 2.75) is 39.0 Å². The summed E-state index contributed by atoms with van der Waals surface area (Å²) in [6.45, 7) is 2.01. The van der Waals surface area contributed by atoms with Crippen LogP contribution in [0, 0.1) is 5.92 Å². The van der Waals surface area contributed by atoms with Crippen molar-refractivity contribution in [3.63, 3.8) is 0 Å². The van der Waals surface area contributed by atoms with E-state index in [1.165, 1.54) is 19.3 Å². The van der Waals surface area contributed by atoms with Crippen LogP contribution in [0.15, 0.2) is 42.0 Å². The average molecular weight is 363 g/mol. The molecule has 22 heavy (non-hydrogen) atoms. The molecule has 1 saturated carbocycles. The van der Waals surface area contributed by atoms with Gasteiger partial charge in [-0.25, -0.2) is 0 Å². The molecule has 0 aliphatic heterocycles. The number of hydrogen-bond donors (Lipinski definition) is 0. The summed E-state index contributed by atoms with van der Waals surface area (Å²) in [5.41, 5.74) is 2.13. The van der Waals surface area contributed by atoms with Crippen molar-refractivity contribution >= 4 is 26.2 Å². The molecule has 0 unspecified atom stereocenters. The highest BCUT2D eigenvalue weighted by Crippen LogP contribution is 2.28. The van der Waals surface area contributed by atoms with Gasteiger partial charge in [0.15, 0.2) is 5.78 Å². The maximum atomic E-state index is 12.2. The van der Waals surface area contributed by atoms with Crippen LogP contribution in [0.25, 0.3) is 4.48 Å². The number of ether oxygens (including phenoxy) is 1. The van der Waals surface area contributed by atoms with Gasteiger partial charge in [-0.2, -0.15) is 0 Å². The van der Waals surface area contributed by atoms with Gasteiger partial charge >= 0.3 is 0 Å². The zero-order chi connectivity index (χ0) is 15.9. The zero-order valence-electron chi connectivity index (χ0n) is 13.3. The smallest absolute Gasteiger partial charge is 0.158 e. The molecule has 1 aromatic rings. The number of carbonyl (C=O) groups excluding carboxylic acids is 1. The van der Waals surface area contributed by atoms with Crippen molar-refractivity contribution in [1.29, 1.82) is 0 Å². The molecule has 0 amide bonds. The number of hydrogen-bond acceptors (Lipinski definition) is 2. The van der Waals surface area contributed by atoms with Crippen LogP contribution in [0.3, 0.4) is 0 Å². The predicted molar refractivity (Wildman–Crippen MR) is 95.2 cm³/mol. The summed E-state index contributed by atoms with van der Waals surface area (Å²) >= 11 is 3.62. The number of halogens is 1. The lowest BCUT2D eigenvalue weighted by Gasteiger charge is -2.18. The number of allylic oxidation sites excluding steroid dienone is 3. The highest BCUT2D eigenvalue weighted by atomic mass is 79.9. The van der Waals surface area contributed by atoms with Gasteiger partial charge < -0.3 is 4.74 Å². The van der Waals surface area contributed by atoms with Gasteiger partial charge in [0.25, 0.3) is 0 Å². The fraction of sp³-hybridized carbons (Fsp3) is 0.421. The molecule has 1 fully saturated rings. The van der Waals surface area contributed by atoms with E-state index in [9.17, 15) is 4.79 Å². The third-order valence-corrected chi connectivity index (χ3v) is 5.28. The first-order valence-corrected chi connectivity index (χ1v) is 8.64. The highest BCUT2D eigenvalue weighted by molar-refractivity contribution is 9.15. The molecular formula is C19H23BrO2. The molecule has 0 heterocycles. The lowest BCUT2D eigenvalue weighted by atomic mass is 9.86. The molecule has 0 radical (unpaired) electrons. The molecule has 2 nitrogen and oxygen atoms in total. The Balaban J connectivity index is 2.05. The Morgan fingerprint density at radius 3 is 2.36 bits per heavy atom. The number of carbonyl (C=O) groups is 1. The van der Waals surface area contributed by atoms with Crippen LogP contribution in [0.2, 0.25) is 0 Å². The Bertz CT molecular complexity index is 564. The minimum atomic E-state index is 0.234. The van der Waals surface area contributed by atoms with E-state index in [4.69, 9.17) is 4.74 Å². The molecule has 1 aromatic carbocycles. The van der Waals surface area contributed by atoms with Gasteiger partial charge in [-0.05, 0) is 65.0 Å². The Kier molecular flexibility index (Phi) is 6.44. The molecule has 0 N–H and O–H groups in total. The van der Waals surface area contributed by atoms with Gasteiger partial charge in [-0.1, -0.05) is 37.5 Å². The van der Waals surface area contributed by atoms with E-state index < -0.39 is 0 Å². The van der Waals surface area contributed by atoms with Crippen molar-refractivity contribution in [2.24, 2.45) is 5.92 Å². The molecule has 0 aromatic heterocycles. The molecule has 0 spiro atoms. The Labute approximate surface area is 141 Å². The fourth-order valence-corrected chi connectivity index (χ4v) is 3.17. The van der Waals surface area contributed by atoms with Crippen LogP contribution in [-0.2, 0) is 4.79 Å². The molecular weight excluding hydrogens is 340 g/mol. The summed E-state index contributed by atoms with van der Waals surface area (Å²) in [6, 6.07) is 7.87. The Morgan fingerprint density at radius 2 is 1.77 bits per heavy atom. The van der Waals surface area contributed by atoms with E-state index in [1.54, 1.807) is 13.2 Å². The van der Waals surface area contributed by atoms with Gasteiger partial charge in [0.2, 0.25) is 0 Å². The molecule has 0 atom stereocenters. The monoisotopic (exact) mass is 362 g/mol. The second kappa shape index (κ2) is 8.33. The second-order valence-corrected chi connectivity index (χ2v) is 6.59. The number of ketones is 1. The zero-order valence-corrected chi connectivity index (χ0v) is 14.9. The van der Waals surface area contributed by atoms with E-state index in [0.29, 0.717) is 0 Å². The largest absolute Gasteiger partial charge is 0.497 e. The maximum absolute atomic E-state index is 12.2. The molecule has 1 aliphatic carbocycles. The summed E-state index contributed by atoms with van der Waals surface area (Å²) < 4.78 is 6.17. The van der Waals surface area contributed by atoms with Crippen LogP contribution >= 0.6 is 15.9 Å². The van der Waals surface area contributed by atoms with Crippen LogP contribution in [0.1, 0.15) is 44.6 Å². The predicted octanol–water partition coefficient (Wildman–Crippen LogP) is 5.53. The maximum Gasteiger partial charge on any atom is 0.158 e. The van der Waals surface area contributed by atoms with Gasteiger partial charge in [0.05, 0.1) is 7.11 Å².